The summed E-state index contributed by atoms with van der Waals surface area (Å²) in [5, 5.41) is 0. The highest BCUT2D eigenvalue weighted by Gasteiger charge is 2.17. The molecule has 0 aromatic heterocycles. The van der Waals surface area contributed by atoms with Crippen LogP contribution in [0.15, 0.2) is 24.3 Å². The maximum Gasteiger partial charge on any atom is 0.253 e. The Hall–Kier alpha value is -1.35. The van der Waals surface area contributed by atoms with Crippen molar-refractivity contribution < 1.29 is 4.79 Å². The number of amides is 1. The van der Waals surface area contributed by atoms with Crippen LogP contribution in [0.4, 0.5) is 0 Å². The normalized spacial score (nSPS) is 10.8. The zero-order valence-corrected chi connectivity index (χ0v) is 13.1. The lowest BCUT2D eigenvalue weighted by Crippen LogP contribution is -2.35. The first kappa shape index (κ1) is 16.7. The van der Waals surface area contributed by atoms with Crippen LogP contribution in [0.5, 0.6) is 0 Å². The van der Waals surface area contributed by atoms with Crippen molar-refractivity contribution in [2.75, 3.05) is 19.6 Å². The van der Waals surface area contributed by atoms with E-state index in [1.165, 1.54) is 0 Å². The number of rotatable bonds is 8. The standard InChI is InChI=1S/C17H28N2O/c1-4-14(5-2)13-19(6-3)17(20)16-9-7-8-15(12-16)10-11-18/h7-9,12,14H,4-6,10-11,13,18H2,1-3H3. The van der Waals surface area contributed by atoms with E-state index in [0.717, 1.165) is 43.5 Å². The molecule has 0 radical (unpaired) electrons. The quantitative estimate of drug-likeness (QED) is 0.793. The molecule has 0 aliphatic rings. The van der Waals surface area contributed by atoms with Gasteiger partial charge in [-0.1, -0.05) is 38.8 Å². The molecule has 0 aliphatic heterocycles. The number of benzene rings is 1. The van der Waals surface area contributed by atoms with E-state index in [-0.39, 0.29) is 5.91 Å². The van der Waals surface area contributed by atoms with Gasteiger partial charge in [0.15, 0.2) is 0 Å². The summed E-state index contributed by atoms with van der Waals surface area (Å²) < 4.78 is 0. The second-order valence-corrected chi connectivity index (χ2v) is 5.27. The van der Waals surface area contributed by atoms with Gasteiger partial charge in [-0.3, -0.25) is 4.79 Å². The molecular weight excluding hydrogens is 248 g/mol. The average molecular weight is 276 g/mol. The Kier molecular flexibility index (Phi) is 7.31. The molecule has 20 heavy (non-hydrogen) atoms. The van der Waals surface area contributed by atoms with Crippen LogP contribution in [0.25, 0.3) is 0 Å². The molecule has 0 spiro atoms. The van der Waals surface area contributed by atoms with Crippen molar-refractivity contribution in [1.82, 2.24) is 4.90 Å². The van der Waals surface area contributed by atoms with Gasteiger partial charge in [-0.25, -0.2) is 0 Å². The topological polar surface area (TPSA) is 46.3 Å². The minimum atomic E-state index is 0.137. The molecule has 1 aromatic carbocycles. The molecule has 1 aromatic rings. The van der Waals surface area contributed by atoms with Gasteiger partial charge in [-0.05, 0) is 43.5 Å². The lowest BCUT2D eigenvalue weighted by atomic mass is 10.0. The fourth-order valence-electron chi connectivity index (χ4n) is 2.42. The van der Waals surface area contributed by atoms with Crippen LogP contribution in [-0.4, -0.2) is 30.4 Å². The third-order valence-corrected chi connectivity index (χ3v) is 3.91. The third kappa shape index (κ3) is 4.64. The second-order valence-electron chi connectivity index (χ2n) is 5.27. The zero-order chi connectivity index (χ0) is 15.0. The van der Waals surface area contributed by atoms with E-state index in [2.05, 4.69) is 13.8 Å². The Balaban J connectivity index is 2.82. The molecule has 112 valence electrons. The van der Waals surface area contributed by atoms with Crippen LogP contribution in [0.1, 0.15) is 49.5 Å². The number of carbonyl (C=O) groups excluding carboxylic acids is 1. The van der Waals surface area contributed by atoms with Gasteiger partial charge in [-0.15, -0.1) is 0 Å². The van der Waals surface area contributed by atoms with Gasteiger partial charge in [0.1, 0.15) is 0 Å². The fourth-order valence-corrected chi connectivity index (χ4v) is 2.42. The van der Waals surface area contributed by atoms with E-state index in [4.69, 9.17) is 5.73 Å². The van der Waals surface area contributed by atoms with Crippen LogP contribution < -0.4 is 5.73 Å². The van der Waals surface area contributed by atoms with E-state index in [1.807, 2.05) is 36.1 Å². The van der Waals surface area contributed by atoms with Gasteiger partial charge in [-0.2, -0.15) is 0 Å². The summed E-state index contributed by atoms with van der Waals surface area (Å²) >= 11 is 0. The van der Waals surface area contributed by atoms with Crippen LogP contribution in [-0.2, 0) is 6.42 Å². The van der Waals surface area contributed by atoms with Crippen LogP contribution >= 0.6 is 0 Å². The first-order chi connectivity index (χ1) is 9.65. The third-order valence-electron chi connectivity index (χ3n) is 3.91. The maximum absolute atomic E-state index is 12.6. The average Bonchev–Trinajstić information content (AvgIpc) is 2.49. The molecule has 0 bridgehead atoms. The van der Waals surface area contributed by atoms with Crippen molar-refractivity contribution in [3.63, 3.8) is 0 Å². The molecule has 0 saturated carbocycles. The minimum Gasteiger partial charge on any atom is -0.339 e. The fraction of sp³-hybridized carbons (Fsp3) is 0.588. The highest BCUT2D eigenvalue weighted by Crippen LogP contribution is 2.14. The number of nitrogens with zero attached hydrogens (tertiary/aromatic N) is 1. The van der Waals surface area contributed by atoms with Crippen molar-refractivity contribution in [3.05, 3.63) is 35.4 Å². The first-order valence-corrected chi connectivity index (χ1v) is 7.74. The van der Waals surface area contributed by atoms with Gasteiger partial charge in [0.2, 0.25) is 0 Å². The zero-order valence-electron chi connectivity index (χ0n) is 13.1. The van der Waals surface area contributed by atoms with E-state index in [0.29, 0.717) is 12.5 Å². The molecule has 0 atom stereocenters. The van der Waals surface area contributed by atoms with Gasteiger partial charge in [0, 0.05) is 18.7 Å². The molecule has 2 N–H and O–H groups in total. The summed E-state index contributed by atoms with van der Waals surface area (Å²) in [6, 6.07) is 7.85. The van der Waals surface area contributed by atoms with E-state index in [1.54, 1.807) is 0 Å². The van der Waals surface area contributed by atoms with Crippen LogP contribution in [0.2, 0.25) is 0 Å². The Morgan fingerprint density at radius 3 is 2.50 bits per heavy atom. The molecule has 0 fully saturated rings. The van der Waals surface area contributed by atoms with E-state index < -0.39 is 0 Å². The van der Waals surface area contributed by atoms with Gasteiger partial charge >= 0.3 is 0 Å². The summed E-state index contributed by atoms with van der Waals surface area (Å²) in [7, 11) is 0. The summed E-state index contributed by atoms with van der Waals surface area (Å²) in [6.45, 7) is 8.65. The number of nitrogens with two attached hydrogens (primary N) is 1. The molecule has 3 heteroatoms. The van der Waals surface area contributed by atoms with Crippen molar-refractivity contribution in [2.24, 2.45) is 11.7 Å². The SMILES string of the molecule is CCC(CC)CN(CC)C(=O)c1cccc(CCN)c1. The monoisotopic (exact) mass is 276 g/mol. The molecule has 0 unspecified atom stereocenters. The number of carbonyl (C=O) groups is 1. The van der Waals surface area contributed by atoms with Crippen molar-refractivity contribution in [3.8, 4) is 0 Å². The summed E-state index contributed by atoms with van der Waals surface area (Å²) in [4.78, 5) is 14.6. The largest absolute Gasteiger partial charge is 0.339 e. The number of hydrogen-bond donors (Lipinski definition) is 1. The molecule has 0 heterocycles. The lowest BCUT2D eigenvalue weighted by Gasteiger charge is -2.25. The Bertz CT molecular complexity index is 413. The van der Waals surface area contributed by atoms with Crippen molar-refractivity contribution in [1.29, 1.82) is 0 Å². The highest BCUT2D eigenvalue weighted by atomic mass is 16.2. The highest BCUT2D eigenvalue weighted by molar-refractivity contribution is 5.94. The molecular formula is C17H28N2O. The Morgan fingerprint density at radius 2 is 1.95 bits per heavy atom. The smallest absolute Gasteiger partial charge is 0.253 e. The molecule has 0 saturated heterocycles. The van der Waals surface area contributed by atoms with Crippen molar-refractivity contribution in [2.45, 2.75) is 40.0 Å². The lowest BCUT2D eigenvalue weighted by molar-refractivity contribution is 0.0735. The van der Waals surface area contributed by atoms with Crippen LogP contribution in [0, 0.1) is 5.92 Å². The maximum atomic E-state index is 12.6. The van der Waals surface area contributed by atoms with Gasteiger partial charge in [0.05, 0.1) is 0 Å². The molecule has 0 aliphatic carbocycles. The summed E-state index contributed by atoms with van der Waals surface area (Å²) in [6.07, 6.45) is 3.06. The summed E-state index contributed by atoms with van der Waals surface area (Å²) in [5.74, 6) is 0.726. The predicted octanol–water partition coefficient (Wildman–Crippen LogP) is 3.09. The molecule has 1 amide bonds. The first-order valence-electron chi connectivity index (χ1n) is 7.74. The van der Waals surface area contributed by atoms with E-state index in [9.17, 15) is 4.79 Å². The molecule has 1 rings (SSSR count). The summed E-state index contributed by atoms with van der Waals surface area (Å²) in [5.41, 5.74) is 7.50. The second kappa shape index (κ2) is 8.75. The minimum absolute atomic E-state index is 0.137. The predicted molar refractivity (Wildman–Crippen MR) is 84.8 cm³/mol. The van der Waals surface area contributed by atoms with E-state index >= 15 is 0 Å². The van der Waals surface area contributed by atoms with Crippen LogP contribution in [0.3, 0.4) is 0 Å². The molecule has 3 nitrogen and oxygen atoms in total. The number of hydrogen-bond acceptors (Lipinski definition) is 2. The Labute approximate surface area is 123 Å². The Morgan fingerprint density at radius 1 is 1.25 bits per heavy atom. The van der Waals surface area contributed by atoms with Crippen molar-refractivity contribution >= 4 is 5.91 Å². The van der Waals surface area contributed by atoms with Gasteiger partial charge < -0.3 is 10.6 Å². The van der Waals surface area contributed by atoms with Gasteiger partial charge in [0.25, 0.3) is 5.91 Å².